The molecule has 0 spiro atoms. The number of aromatic nitrogens is 1. The molecule has 7 heteroatoms. The molecular formula is C27H28N2O3S2. The molecule has 0 amide bonds. The topological polar surface area (TPSA) is 64.3 Å². The highest BCUT2D eigenvalue weighted by molar-refractivity contribution is 7.85. The number of fused-ring (bicyclic) bond motifs is 1. The van der Waals surface area contributed by atoms with Gasteiger partial charge in [-0.05, 0) is 42.8 Å². The zero-order valence-corrected chi connectivity index (χ0v) is 21.3. The summed E-state index contributed by atoms with van der Waals surface area (Å²) >= 11 is 1.81. The maximum atomic E-state index is 10.4. The van der Waals surface area contributed by atoms with Crippen LogP contribution in [0, 0.1) is 6.92 Å². The van der Waals surface area contributed by atoms with Crippen LogP contribution in [0.1, 0.15) is 16.1 Å². The number of anilines is 1. The van der Waals surface area contributed by atoms with Crippen LogP contribution in [0.4, 0.5) is 5.69 Å². The van der Waals surface area contributed by atoms with E-state index < -0.39 is 10.1 Å². The first-order chi connectivity index (χ1) is 16.1. The van der Waals surface area contributed by atoms with Gasteiger partial charge in [0.15, 0.2) is 0 Å². The molecule has 0 bridgehead atoms. The third kappa shape index (κ3) is 6.87. The monoisotopic (exact) mass is 492 g/mol. The molecule has 1 heterocycles. The number of nitrogens with zero attached hydrogens (tertiary/aromatic N) is 2. The summed E-state index contributed by atoms with van der Waals surface area (Å²) in [5.74, 6) is 0. The fourth-order valence-corrected chi connectivity index (χ4v) is 4.69. The number of hydrogen-bond donors (Lipinski definition) is 0. The van der Waals surface area contributed by atoms with E-state index in [0.29, 0.717) is 0 Å². The Balaban J connectivity index is 0.000000248. The van der Waals surface area contributed by atoms with E-state index in [1.807, 2.05) is 18.3 Å². The zero-order valence-electron chi connectivity index (χ0n) is 19.7. The molecule has 176 valence electrons. The smallest absolute Gasteiger partial charge is 0.262 e. The van der Waals surface area contributed by atoms with E-state index in [0.717, 1.165) is 5.56 Å². The van der Waals surface area contributed by atoms with E-state index in [-0.39, 0.29) is 4.90 Å². The Hall–Kier alpha value is -3.26. The molecule has 34 heavy (non-hydrogen) atoms. The quantitative estimate of drug-likeness (QED) is 0.212. The molecule has 0 radical (unpaired) electrons. The van der Waals surface area contributed by atoms with Gasteiger partial charge in [-0.25, -0.2) is 8.42 Å². The van der Waals surface area contributed by atoms with Gasteiger partial charge >= 0.3 is 0 Å². The van der Waals surface area contributed by atoms with Gasteiger partial charge in [-0.3, -0.25) is 0 Å². The second kappa shape index (κ2) is 11.2. The molecule has 0 fully saturated rings. The van der Waals surface area contributed by atoms with Gasteiger partial charge < -0.3 is 9.45 Å². The largest absolute Gasteiger partial charge is 0.744 e. The van der Waals surface area contributed by atoms with Crippen molar-refractivity contribution in [2.45, 2.75) is 11.8 Å². The third-order valence-corrected chi connectivity index (χ3v) is 7.16. The maximum Gasteiger partial charge on any atom is 0.262 e. The molecule has 1 aromatic heterocycles. The van der Waals surface area contributed by atoms with Crippen molar-refractivity contribution in [1.82, 2.24) is 0 Å². The highest BCUT2D eigenvalue weighted by Crippen LogP contribution is 2.20. The van der Waals surface area contributed by atoms with E-state index in [1.54, 1.807) is 12.1 Å². The summed E-state index contributed by atoms with van der Waals surface area (Å²) in [7, 11) is 1.95. The van der Waals surface area contributed by atoms with Gasteiger partial charge in [0.05, 0.1) is 4.90 Å². The first-order valence-electron chi connectivity index (χ1n) is 10.7. The third-order valence-electron chi connectivity index (χ3n) is 5.13. The number of aryl methyl sites for hydroxylation is 2. The van der Waals surface area contributed by atoms with Crippen LogP contribution in [-0.4, -0.2) is 27.1 Å². The fourth-order valence-electron chi connectivity index (χ4n) is 3.16. The van der Waals surface area contributed by atoms with Gasteiger partial charge in [-0.15, -0.1) is 0 Å². The minimum absolute atomic E-state index is 0.178. The van der Waals surface area contributed by atoms with E-state index in [9.17, 15) is 13.0 Å². The Kier molecular flexibility index (Phi) is 8.39. The minimum Gasteiger partial charge on any atom is -0.744 e. The lowest BCUT2D eigenvalue weighted by molar-refractivity contribution is -0.642. The van der Waals surface area contributed by atoms with E-state index in [4.69, 9.17) is 0 Å². The molecule has 0 aliphatic heterocycles. The second-order valence-electron chi connectivity index (χ2n) is 7.94. The lowest BCUT2D eigenvalue weighted by atomic mass is 10.2. The van der Waals surface area contributed by atoms with Gasteiger partial charge in [-0.1, -0.05) is 71.5 Å². The van der Waals surface area contributed by atoms with Gasteiger partial charge in [0.1, 0.15) is 21.9 Å². The van der Waals surface area contributed by atoms with Crippen molar-refractivity contribution in [3.63, 3.8) is 0 Å². The predicted octanol–water partition coefficient (Wildman–Crippen LogP) is 5.42. The van der Waals surface area contributed by atoms with E-state index >= 15 is 0 Å². The Morgan fingerprint density at radius 2 is 1.50 bits per heavy atom. The van der Waals surface area contributed by atoms with Gasteiger partial charge in [0.25, 0.3) is 5.01 Å². The van der Waals surface area contributed by atoms with Crippen LogP contribution in [0.2, 0.25) is 0 Å². The summed E-state index contributed by atoms with van der Waals surface area (Å²) in [4.78, 5) is 1.93. The summed E-state index contributed by atoms with van der Waals surface area (Å²) in [5, 5.41) is 1.25. The van der Waals surface area contributed by atoms with E-state index in [2.05, 4.69) is 103 Å². The standard InChI is InChI=1S/C20H21N2S.C7H8O3S/c1-21(2)17-14-12-16(13-15-17)8-4-7-11-20-22(3)18-9-5-6-10-19(18)23-20;1-6-2-4-7(5-3-6)11(8,9)10/h4-15H,1-3H3;2-5H,1H3,(H,8,9,10)/q+1;/p-1. The summed E-state index contributed by atoms with van der Waals surface area (Å²) in [6.45, 7) is 1.82. The van der Waals surface area contributed by atoms with Gasteiger partial charge in [0.2, 0.25) is 5.52 Å². The Morgan fingerprint density at radius 3 is 2.09 bits per heavy atom. The summed E-state index contributed by atoms with van der Waals surface area (Å²) in [5.41, 5.74) is 4.63. The van der Waals surface area contributed by atoms with Crippen molar-refractivity contribution in [2.75, 3.05) is 19.0 Å². The number of hydrogen-bond acceptors (Lipinski definition) is 5. The molecule has 3 aromatic carbocycles. The molecule has 0 N–H and O–H groups in total. The summed E-state index contributed by atoms with van der Waals surface area (Å²) in [6.07, 6.45) is 8.48. The van der Waals surface area contributed by atoms with Crippen molar-refractivity contribution in [2.24, 2.45) is 7.05 Å². The summed E-state index contributed by atoms with van der Waals surface area (Å²) in [6, 6.07) is 22.8. The van der Waals surface area contributed by atoms with Crippen LogP contribution in [0.3, 0.4) is 0 Å². The molecule has 0 unspecified atom stereocenters. The molecule has 0 aliphatic carbocycles. The Morgan fingerprint density at radius 1 is 0.882 bits per heavy atom. The van der Waals surface area contributed by atoms with Crippen molar-refractivity contribution in [3.8, 4) is 0 Å². The number of benzene rings is 3. The molecule has 0 aliphatic rings. The van der Waals surface area contributed by atoms with Crippen molar-refractivity contribution < 1.29 is 17.5 Å². The minimum atomic E-state index is -4.27. The van der Waals surface area contributed by atoms with Crippen LogP contribution in [0.5, 0.6) is 0 Å². The SMILES string of the molecule is CN(C)c1ccc(/C=C/C=C/c2sc3ccccc3[n+]2C)cc1.Cc1ccc(S(=O)(=O)[O-])cc1. The number of rotatable bonds is 5. The molecule has 0 atom stereocenters. The molecule has 4 rings (SSSR count). The molecule has 0 saturated carbocycles. The normalized spacial score (nSPS) is 11.7. The zero-order chi connectivity index (χ0) is 24.7. The second-order valence-corrected chi connectivity index (χ2v) is 10.4. The Labute approximate surface area is 205 Å². The number of para-hydroxylation sites is 1. The number of thiazole rings is 1. The first-order valence-corrected chi connectivity index (χ1v) is 12.9. The van der Waals surface area contributed by atoms with Crippen LogP contribution < -0.4 is 9.47 Å². The fraction of sp³-hybridized carbons (Fsp3) is 0.148. The highest BCUT2D eigenvalue weighted by atomic mass is 32.2. The Bertz CT molecular complexity index is 1400. The average molecular weight is 493 g/mol. The summed E-state index contributed by atoms with van der Waals surface area (Å²) < 4.78 is 34.7. The van der Waals surface area contributed by atoms with Crippen LogP contribution in [0.25, 0.3) is 22.4 Å². The highest BCUT2D eigenvalue weighted by Gasteiger charge is 2.12. The molecule has 5 nitrogen and oxygen atoms in total. The lowest BCUT2D eigenvalue weighted by Gasteiger charge is -2.11. The molecule has 4 aromatic rings. The van der Waals surface area contributed by atoms with Crippen molar-refractivity contribution >= 4 is 49.5 Å². The molecule has 0 saturated heterocycles. The van der Waals surface area contributed by atoms with Gasteiger partial charge in [-0.2, -0.15) is 4.57 Å². The lowest BCUT2D eigenvalue weighted by Crippen LogP contribution is -2.28. The van der Waals surface area contributed by atoms with Crippen molar-refractivity contribution in [3.05, 3.63) is 101 Å². The van der Waals surface area contributed by atoms with Crippen molar-refractivity contribution in [1.29, 1.82) is 0 Å². The van der Waals surface area contributed by atoms with Gasteiger partial charge in [0, 0.05) is 31.9 Å². The van der Waals surface area contributed by atoms with E-state index in [1.165, 1.54) is 38.6 Å². The van der Waals surface area contributed by atoms with Crippen LogP contribution >= 0.6 is 11.3 Å². The first kappa shape index (κ1) is 25.4. The van der Waals surface area contributed by atoms with Crippen LogP contribution in [-0.2, 0) is 17.2 Å². The predicted molar refractivity (Wildman–Crippen MR) is 141 cm³/mol. The molecular weight excluding hydrogens is 464 g/mol. The van der Waals surface area contributed by atoms with Crippen LogP contribution in [0.15, 0.2) is 89.8 Å². The average Bonchev–Trinajstić information content (AvgIpc) is 3.13. The number of allylic oxidation sites excluding steroid dienone is 2. The maximum absolute atomic E-state index is 10.4.